The topological polar surface area (TPSA) is 105 Å². The van der Waals surface area contributed by atoms with E-state index in [0.29, 0.717) is 23.9 Å². The van der Waals surface area contributed by atoms with E-state index in [4.69, 9.17) is 9.05 Å². The molecule has 3 atom stereocenters. The number of likely N-dealkylation sites (N-methyl/N-ethyl adjacent to an activating group) is 1. The fourth-order valence-corrected chi connectivity index (χ4v) is 9.43. The molecular formula is C54H112N2O6P+. The van der Waals surface area contributed by atoms with E-state index in [9.17, 15) is 19.4 Å². The summed E-state index contributed by atoms with van der Waals surface area (Å²) in [6.45, 7) is 4.92. The van der Waals surface area contributed by atoms with Crippen LogP contribution in [0.1, 0.15) is 290 Å². The van der Waals surface area contributed by atoms with Crippen LogP contribution in [0.2, 0.25) is 0 Å². The number of quaternary nitrogens is 1. The normalized spacial score (nSPS) is 14.0. The Hall–Kier alpha value is -0.500. The number of unbranched alkanes of at least 4 members (excludes halogenated alkanes) is 39. The van der Waals surface area contributed by atoms with E-state index in [0.717, 1.165) is 38.5 Å². The van der Waals surface area contributed by atoms with Crippen molar-refractivity contribution in [1.82, 2.24) is 5.32 Å². The van der Waals surface area contributed by atoms with Gasteiger partial charge in [-0.05, 0) is 12.8 Å². The number of nitrogens with one attached hydrogen (secondary N) is 1. The van der Waals surface area contributed by atoms with E-state index in [-0.39, 0.29) is 19.1 Å². The monoisotopic (exact) mass is 916 g/mol. The summed E-state index contributed by atoms with van der Waals surface area (Å²) in [7, 11) is 1.63. The summed E-state index contributed by atoms with van der Waals surface area (Å²) < 4.78 is 23.7. The Labute approximate surface area is 393 Å². The average Bonchev–Trinajstić information content (AvgIpc) is 3.24. The van der Waals surface area contributed by atoms with E-state index in [1.165, 1.54) is 225 Å². The lowest BCUT2D eigenvalue weighted by Gasteiger charge is -2.26. The first-order valence-corrected chi connectivity index (χ1v) is 29.4. The van der Waals surface area contributed by atoms with Crippen LogP contribution in [-0.2, 0) is 18.4 Å². The number of carbonyl (C=O) groups is 1. The lowest BCUT2D eigenvalue weighted by molar-refractivity contribution is -0.870. The van der Waals surface area contributed by atoms with Crippen molar-refractivity contribution in [1.29, 1.82) is 0 Å². The molecule has 0 aliphatic carbocycles. The second-order valence-corrected chi connectivity index (χ2v) is 22.1. The van der Waals surface area contributed by atoms with Crippen molar-refractivity contribution in [2.45, 2.75) is 302 Å². The molecule has 1 amide bonds. The van der Waals surface area contributed by atoms with Gasteiger partial charge in [-0.1, -0.05) is 271 Å². The number of amides is 1. The summed E-state index contributed by atoms with van der Waals surface area (Å²) in [5.74, 6) is -0.138. The molecule has 9 heteroatoms. The van der Waals surface area contributed by atoms with E-state index < -0.39 is 20.0 Å². The van der Waals surface area contributed by atoms with E-state index in [2.05, 4.69) is 19.2 Å². The van der Waals surface area contributed by atoms with Crippen molar-refractivity contribution in [2.24, 2.45) is 0 Å². The molecule has 0 aromatic carbocycles. The predicted molar refractivity (Wildman–Crippen MR) is 272 cm³/mol. The van der Waals surface area contributed by atoms with Crippen molar-refractivity contribution < 1.29 is 32.9 Å². The van der Waals surface area contributed by atoms with Gasteiger partial charge in [0.2, 0.25) is 5.91 Å². The molecule has 0 aromatic rings. The minimum absolute atomic E-state index is 0.0787. The molecule has 3 N–H and O–H groups in total. The quantitative estimate of drug-likeness (QED) is 0.0319. The van der Waals surface area contributed by atoms with Crippen molar-refractivity contribution in [3.63, 3.8) is 0 Å². The highest BCUT2D eigenvalue weighted by Gasteiger charge is 2.28. The van der Waals surface area contributed by atoms with Gasteiger partial charge < -0.3 is 19.8 Å². The van der Waals surface area contributed by atoms with Gasteiger partial charge in [-0.25, -0.2) is 4.57 Å². The Kier molecular flexibility index (Phi) is 46.2. The van der Waals surface area contributed by atoms with E-state index in [1.54, 1.807) is 0 Å². The molecule has 0 bridgehead atoms. The molecule has 0 rings (SSSR count). The van der Waals surface area contributed by atoms with Crippen LogP contribution in [-0.4, -0.2) is 73.4 Å². The first kappa shape index (κ1) is 62.5. The number of hydrogen-bond acceptors (Lipinski definition) is 5. The van der Waals surface area contributed by atoms with Gasteiger partial charge in [0, 0.05) is 6.42 Å². The first-order chi connectivity index (χ1) is 30.5. The van der Waals surface area contributed by atoms with Crippen molar-refractivity contribution in [2.75, 3.05) is 40.9 Å². The predicted octanol–water partition coefficient (Wildman–Crippen LogP) is 16.5. The fourth-order valence-electron chi connectivity index (χ4n) is 8.70. The Bertz CT molecular complexity index is 994. The molecular weight excluding hydrogens is 804 g/mol. The van der Waals surface area contributed by atoms with Gasteiger partial charge in [0.15, 0.2) is 0 Å². The number of hydrogen-bond donors (Lipinski definition) is 3. The standard InChI is InChI=1S/C54H111N2O6P/c1-6-8-10-12-14-16-18-19-20-21-22-23-24-25-26-27-28-29-30-31-32-33-34-35-36-38-40-42-44-46-48-54(58)55-52(51-62-63(59,60)61-50-49-56(3,4)5)53(57)47-45-43-41-39-37-17-15-13-11-9-7-2/h52-53,57H,6-51H2,1-5H3,(H-,55,58,59,60)/p+1. The summed E-state index contributed by atoms with van der Waals surface area (Å²) in [4.78, 5) is 23.2. The highest BCUT2D eigenvalue weighted by Crippen LogP contribution is 2.43. The molecule has 8 nitrogen and oxygen atoms in total. The van der Waals surface area contributed by atoms with Crippen LogP contribution in [0.4, 0.5) is 0 Å². The van der Waals surface area contributed by atoms with Crippen molar-refractivity contribution in [3.05, 3.63) is 0 Å². The minimum atomic E-state index is -4.31. The Balaban J connectivity index is 3.94. The summed E-state index contributed by atoms with van der Waals surface area (Å²) in [5.41, 5.74) is 0. The zero-order valence-corrected chi connectivity index (χ0v) is 44.0. The number of phosphoric ester groups is 1. The molecule has 3 unspecified atom stereocenters. The SMILES string of the molecule is CCCCCCCCCCCCCCCCCCCCCCCCCCCCCCCCC(=O)NC(COP(=O)(O)OCC[N+](C)(C)C)C(O)CCCCCCCCCCCCC. The maximum absolute atomic E-state index is 12.9. The molecule has 0 aromatic heterocycles. The third-order valence-electron chi connectivity index (χ3n) is 13.1. The van der Waals surface area contributed by atoms with Crippen LogP contribution in [0.15, 0.2) is 0 Å². The number of aliphatic hydroxyl groups is 1. The Morgan fingerprint density at radius 2 is 0.762 bits per heavy atom. The van der Waals surface area contributed by atoms with Gasteiger partial charge in [0.05, 0.1) is 39.9 Å². The second kappa shape index (κ2) is 46.6. The lowest BCUT2D eigenvalue weighted by atomic mass is 10.0. The van der Waals surface area contributed by atoms with Gasteiger partial charge in [-0.2, -0.15) is 0 Å². The van der Waals surface area contributed by atoms with Crippen LogP contribution in [0.25, 0.3) is 0 Å². The maximum atomic E-state index is 12.9. The molecule has 0 spiro atoms. The van der Waals surface area contributed by atoms with Gasteiger partial charge in [0.25, 0.3) is 0 Å². The highest BCUT2D eigenvalue weighted by molar-refractivity contribution is 7.47. The van der Waals surface area contributed by atoms with E-state index >= 15 is 0 Å². The number of rotatable bonds is 52. The van der Waals surface area contributed by atoms with Gasteiger partial charge in [0.1, 0.15) is 13.2 Å². The number of carbonyl (C=O) groups excluding carboxylic acids is 1. The zero-order valence-electron chi connectivity index (χ0n) is 43.1. The van der Waals surface area contributed by atoms with E-state index in [1.807, 2.05) is 21.1 Å². The van der Waals surface area contributed by atoms with Crippen LogP contribution in [0.5, 0.6) is 0 Å². The van der Waals surface area contributed by atoms with Crippen LogP contribution in [0, 0.1) is 0 Å². The van der Waals surface area contributed by atoms with Crippen LogP contribution < -0.4 is 5.32 Å². The average molecular weight is 916 g/mol. The van der Waals surface area contributed by atoms with Crippen molar-refractivity contribution >= 4 is 13.7 Å². The number of phosphoric acid groups is 1. The molecule has 0 heterocycles. The summed E-state index contributed by atoms with van der Waals surface area (Å²) in [6, 6.07) is -0.753. The van der Waals surface area contributed by atoms with Gasteiger partial charge in [-0.15, -0.1) is 0 Å². The molecule has 378 valence electrons. The van der Waals surface area contributed by atoms with Crippen molar-refractivity contribution in [3.8, 4) is 0 Å². The molecule has 63 heavy (non-hydrogen) atoms. The van der Waals surface area contributed by atoms with Gasteiger partial charge >= 0.3 is 7.82 Å². The Morgan fingerprint density at radius 1 is 0.476 bits per heavy atom. The minimum Gasteiger partial charge on any atom is -0.391 e. The highest BCUT2D eigenvalue weighted by atomic mass is 31.2. The smallest absolute Gasteiger partial charge is 0.391 e. The van der Waals surface area contributed by atoms with Crippen LogP contribution in [0.3, 0.4) is 0 Å². The second-order valence-electron chi connectivity index (χ2n) is 20.7. The molecule has 0 aliphatic heterocycles. The maximum Gasteiger partial charge on any atom is 0.472 e. The fraction of sp³-hybridized carbons (Fsp3) is 0.981. The number of aliphatic hydroxyl groups excluding tert-OH is 1. The largest absolute Gasteiger partial charge is 0.472 e. The molecule has 0 saturated carbocycles. The first-order valence-electron chi connectivity index (χ1n) is 27.9. The Morgan fingerprint density at radius 3 is 1.06 bits per heavy atom. The molecule has 0 radical (unpaired) electrons. The third kappa shape index (κ3) is 49.2. The summed E-state index contributed by atoms with van der Waals surface area (Å²) in [6.07, 6.45) is 54.6. The summed E-state index contributed by atoms with van der Waals surface area (Å²) in [5, 5.41) is 14.0. The lowest BCUT2D eigenvalue weighted by Crippen LogP contribution is -2.46. The molecule has 0 aliphatic rings. The molecule has 0 fully saturated rings. The zero-order chi connectivity index (χ0) is 46.4. The third-order valence-corrected chi connectivity index (χ3v) is 14.1. The molecule has 0 saturated heterocycles. The van der Waals surface area contributed by atoms with Gasteiger partial charge in [-0.3, -0.25) is 13.8 Å². The number of nitrogens with zero attached hydrogens (tertiary/aromatic N) is 1. The summed E-state index contributed by atoms with van der Waals surface area (Å²) >= 11 is 0. The van der Waals surface area contributed by atoms with Crippen LogP contribution >= 0.6 is 7.82 Å².